The second kappa shape index (κ2) is 8.10. The molecule has 0 unspecified atom stereocenters. The third-order valence-electron chi connectivity index (χ3n) is 1.79. The van der Waals surface area contributed by atoms with Crippen LogP contribution in [0.1, 0.15) is 32.1 Å². The van der Waals surface area contributed by atoms with Gasteiger partial charge in [0.15, 0.2) is 5.12 Å². The van der Waals surface area contributed by atoms with Crippen molar-refractivity contribution >= 4 is 22.8 Å². The van der Waals surface area contributed by atoms with Gasteiger partial charge >= 0.3 is 0 Å². The van der Waals surface area contributed by atoms with Crippen LogP contribution in [0.5, 0.6) is 0 Å². The standard InChI is InChI=1S/C9H17NO2S/c1-10-8(11)6-4-3-5-7-9(12)13-2/h3-7H2,1-2H3,(H,10,11). The minimum atomic E-state index is 0.0798. The summed E-state index contributed by atoms with van der Waals surface area (Å²) in [4.78, 5) is 21.6. The Labute approximate surface area is 83.7 Å². The highest BCUT2D eigenvalue weighted by atomic mass is 32.2. The first-order valence-corrected chi connectivity index (χ1v) is 5.70. The largest absolute Gasteiger partial charge is 0.359 e. The number of thioether (sulfide) groups is 1. The molecular weight excluding hydrogens is 186 g/mol. The van der Waals surface area contributed by atoms with Gasteiger partial charge in [0, 0.05) is 19.9 Å². The van der Waals surface area contributed by atoms with Crippen molar-refractivity contribution in [2.75, 3.05) is 13.3 Å². The summed E-state index contributed by atoms with van der Waals surface area (Å²) in [7, 11) is 1.64. The van der Waals surface area contributed by atoms with Crippen LogP contribution in [0.3, 0.4) is 0 Å². The Kier molecular flexibility index (Phi) is 7.79. The van der Waals surface area contributed by atoms with Crippen molar-refractivity contribution in [1.29, 1.82) is 0 Å². The fraction of sp³-hybridized carbons (Fsp3) is 0.778. The van der Waals surface area contributed by atoms with E-state index in [0.29, 0.717) is 12.8 Å². The zero-order valence-electron chi connectivity index (χ0n) is 8.26. The van der Waals surface area contributed by atoms with Gasteiger partial charge in [-0.25, -0.2) is 0 Å². The molecule has 0 rings (SSSR count). The molecule has 0 aliphatic heterocycles. The predicted molar refractivity (Wildman–Crippen MR) is 55.7 cm³/mol. The lowest BCUT2D eigenvalue weighted by molar-refractivity contribution is -0.120. The predicted octanol–water partition coefficient (Wildman–Crippen LogP) is 1.57. The Balaban J connectivity index is 3.17. The number of unbranched alkanes of at least 4 members (excludes halogenated alkanes) is 2. The van der Waals surface area contributed by atoms with Gasteiger partial charge in [0.2, 0.25) is 5.91 Å². The van der Waals surface area contributed by atoms with Crippen LogP contribution in [0.25, 0.3) is 0 Å². The Hall–Kier alpha value is -0.510. The first-order chi connectivity index (χ1) is 6.20. The van der Waals surface area contributed by atoms with Crippen molar-refractivity contribution in [3.05, 3.63) is 0 Å². The van der Waals surface area contributed by atoms with Gasteiger partial charge in [-0.3, -0.25) is 9.59 Å². The first-order valence-electron chi connectivity index (χ1n) is 4.48. The van der Waals surface area contributed by atoms with Gasteiger partial charge in [-0.1, -0.05) is 18.2 Å². The minimum absolute atomic E-state index is 0.0798. The van der Waals surface area contributed by atoms with Crippen LogP contribution in [0.2, 0.25) is 0 Å². The molecule has 0 saturated carbocycles. The Morgan fingerprint density at radius 1 is 1.15 bits per heavy atom. The molecule has 0 spiro atoms. The van der Waals surface area contributed by atoms with Crippen molar-refractivity contribution in [3.63, 3.8) is 0 Å². The summed E-state index contributed by atoms with van der Waals surface area (Å²) in [6.07, 6.45) is 5.74. The molecule has 0 fully saturated rings. The molecule has 0 heterocycles. The molecule has 0 aliphatic rings. The molecule has 0 aromatic rings. The molecular formula is C9H17NO2S. The van der Waals surface area contributed by atoms with E-state index < -0.39 is 0 Å². The Morgan fingerprint density at radius 3 is 2.31 bits per heavy atom. The van der Waals surface area contributed by atoms with Gasteiger partial charge in [-0.2, -0.15) is 0 Å². The molecule has 13 heavy (non-hydrogen) atoms. The van der Waals surface area contributed by atoms with Gasteiger partial charge in [0.05, 0.1) is 0 Å². The van der Waals surface area contributed by atoms with E-state index in [1.165, 1.54) is 11.8 Å². The summed E-state index contributed by atoms with van der Waals surface area (Å²) >= 11 is 1.28. The van der Waals surface area contributed by atoms with Crippen LogP contribution in [-0.2, 0) is 9.59 Å². The summed E-state index contributed by atoms with van der Waals surface area (Å²) in [6, 6.07) is 0. The van der Waals surface area contributed by atoms with Crippen LogP contribution in [0.4, 0.5) is 0 Å². The fourth-order valence-corrected chi connectivity index (χ4v) is 1.31. The quantitative estimate of drug-likeness (QED) is 0.667. The van der Waals surface area contributed by atoms with E-state index in [0.717, 1.165) is 19.3 Å². The van der Waals surface area contributed by atoms with Crippen molar-refractivity contribution in [2.24, 2.45) is 0 Å². The van der Waals surface area contributed by atoms with Crippen molar-refractivity contribution in [1.82, 2.24) is 5.32 Å². The molecule has 76 valence electrons. The third kappa shape index (κ3) is 7.84. The maximum Gasteiger partial charge on any atom is 0.219 e. The van der Waals surface area contributed by atoms with Crippen molar-refractivity contribution in [3.8, 4) is 0 Å². The molecule has 3 nitrogen and oxygen atoms in total. The fourth-order valence-electron chi connectivity index (χ4n) is 0.959. The van der Waals surface area contributed by atoms with Gasteiger partial charge in [0.1, 0.15) is 0 Å². The summed E-state index contributed by atoms with van der Waals surface area (Å²) in [5.74, 6) is 0.0798. The molecule has 0 aromatic carbocycles. The number of carbonyl (C=O) groups is 2. The molecule has 0 radical (unpaired) electrons. The second-order valence-electron chi connectivity index (χ2n) is 2.81. The van der Waals surface area contributed by atoms with Gasteiger partial charge < -0.3 is 5.32 Å². The number of nitrogens with one attached hydrogen (secondary N) is 1. The normalized spacial score (nSPS) is 9.69. The zero-order valence-corrected chi connectivity index (χ0v) is 9.08. The molecule has 1 N–H and O–H groups in total. The highest BCUT2D eigenvalue weighted by Crippen LogP contribution is 2.07. The van der Waals surface area contributed by atoms with Gasteiger partial charge in [-0.05, 0) is 19.1 Å². The van der Waals surface area contributed by atoms with Crippen molar-refractivity contribution < 1.29 is 9.59 Å². The molecule has 0 bridgehead atoms. The highest BCUT2D eigenvalue weighted by molar-refractivity contribution is 8.13. The van der Waals surface area contributed by atoms with E-state index in [9.17, 15) is 9.59 Å². The lowest BCUT2D eigenvalue weighted by Crippen LogP contribution is -2.16. The summed E-state index contributed by atoms with van der Waals surface area (Å²) < 4.78 is 0. The number of hydrogen-bond acceptors (Lipinski definition) is 3. The molecule has 1 amide bonds. The number of amides is 1. The van der Waals surface area contributed by atoms with Crippen LogP contribution in [0, 0.1) is 0 Å². The highest BCUT2D eigenvalue weighted by Gasteiger charge is 2.00. The average molecular weight is 203 g/mol. The zero-order chi connectivity index (χ0) is 10.1. The maximum atomic E-state index is 10.8. The van der Waals surface area contributed by atoms with E-state index in [1.54, 1.807) is 13.3 Å². The summed E-state index contributed by atoms with van der Waals surface area (Å²) in [5, 5.41) is 2.80. The molecule has 0 aromatic heterocycles. The Morgan fingerprint density at radius 2 is 1.77 bits per heavy atom. The van der Waals surface area contributed by atoms with Crippen LogP contribution in [-0.4, -0.2) is 24.3 Å². The van der Waals surface area contributed by atoms with Crippen LogP contribution in [0.15, 0.2) is 0 Å². The minimum Gasteiger partial charge on any atom is -0.359 e. The number of rotatable bonds is 6. The topological polar surface area (TPSA) is 46.2 Å². The lowest BCUT2D eigenvalue weighted by Gasteiger charge is -1.99. The second-order valence-corrected chi connectivity index (χ2v) is 3.67. The Bertz CT molecular complexity index is 153. The molecule has 0 saturated heterocycles. The van der Waals surface area contributed by atoms with E-state index in [-0.39, 0.29) is 11.0 Å². The molecule has 4 heteroatoms. The van der Waals surface area contributed by atoms with Crippen molar-refractivity contribution in [2.45, 2.75) is 32.1 Å². The monoisotopic (exact) mass is 203 g/mol. The smallest absolute Gasteiger partial charge is 0.219 e. The maximum absolute atomic E-state index is 10.8. The first kappa shape index (κ1) is 12.5. The summed E-state index contributed by atoms with van der Waals surface area (Å²) in [5.41, 5.74) is 0. The third-order valence-corrected chi connectivity index (χ3v) is 2.45. The van der Waals surface area contributed by atoms with E-state index in [1.807, 2.05) is 0 Å². The average Bonchev–Trinajstić information content (AvgIpc) is 2.16. The van der Waals surface area contributed by atoms with E-state index >= 15 is 0 Å². The molecule has 0 aliphatic carbocycles. The SMILES string of the molecule is CNC(=O)CCCCCC(=O)SC. The van der Waals surface area contributed by atoms with Gasteiger partial charge in [0.25, 0.3) is 0 Å². The molecule has 0 atom stereocenters. The number of carbonyl (C=O) groups excluding carboxylic acids is 2. The van der Waals surface area contributed by atoms with Gasteiger partial charge in [-0.15, -0.1) is 0 Å². The summed E-state index contributed by atoms with van der Waals surface area (Å²) in [6.45, 7) is 0. The van der Waals surface area contributed by atoms with Crippen LogP contribution < -0.4 is 5.32 Å². The van der Waals surface area contributed by atoms with E-state index in [2.05, 4.69) is 5.32 Å². The number of hydrogen-bond donors (Lipinski definition) is 1. The lowest BCUT2D eigenvalue weighted by atomic mass is 10.1. The van der Waals surface area contributed by atoms with Crippen LogP contribution >= 0.6 is 11.8 Å². The van der Waals surface area contributed by atoms with E-state index in [4.69, 9.17) is 0 Å².